The molecule has 0 aliphatic rings. The quantitative estimate of drug-likeness (QED) is 0.870. The third-order valence-corrected chi connectivity index (χ3v) is 4.06. The van der Waals surface area contributed by atoms with E-state index >= 15 is 0 Å². The molecule has 112 valence electrons. The average Bonchev–Trinajstić information content (AvgIpc) is 2.53. The minimum absolute atomic E-state index is 0.225. The summed E-state index contributed by atoms with van der Waals surface area (Å²) in [6.45, 7) is 2.00. The average molecular weight is 287 g/mol. The van der Waals surface area contributed by atoms with E-state index in [1.165, 1.54) is 11.6 Å². The van der Waals surface area contributed by atoms with Gasteiger partial charge in [-0.05, 0) is 43.0 Å². The molecule has 2 N–H and O–H groups in total. The van der Waals surface area contributed by atoms with Crippen molar-refractivity contribution in [2.75, 3.05) is 7.11 Å². The van der Waals surface area contributed by atoms with Gasteiger partial charge in [-0.1, -0.05) is 37.3 Å². The molecule has 0 aliphatic heterocycles. The molecule has 0 radical (unpaired) electrons. The first-order valence-electron chi connectivity index (χ1n) is 7.26. The van der Waals surface area contributed by atoms with E-state index in [2.05, 4.69) is 0 Å². The molecule has 0 spiro atoms. The zero-order valence-electron chi connectivity index (χ0n) is 12.6. The topological polar surface area (TPSA) is 35.2 Å². The summed E-state index contributed by atoms with van der Waals surface area (Å²) in [7, 11) is 1.65. The predicted octanol–water partition coefficient (Wildman–Crippen LogP) is 4.03. The lowest BCUT2D eigenvalue weighted by atomic mass is 9.82. The molecule has 0 bridgehead atoms. The van der Waals surface area contributed by atoms with E-state index in [1.54, 1.807) is 19.2 Å². The van der Waals surface area contributed by atoms with Crippen molar-refractivity contribution in [1.29, 1.82) is 0 Å². The molecule has 0 heterocycles. The first kappa shape index (κ1) is 15.5. The van der Waals surface area contributed by atoms with Gasteiger partial charge in [0.15, 0.2) is 0 Å². The smallest absolute Gasteiger partial charge is 0.128 e. The molecule has 1 unspecified atom stereocenters. The molecule has 2 aromatic carbocycles. The molecule has 0 saturated carbocycles. The number of ether oxygens (including phenoxy) is 1. The van der Waals surface area contributed by atoms with Crippen LogP contribution in [0.2, 0.25) is 0 Å². The normalized spacial score (nSPS) is 13.7. The van der Waals surface area contributed by atoms with Gasteiger partial charge in [0.25, 0.3) is 0 Å². The molecule has 2 rings (SSSR count). The van der Waals surface area contributed by atoms with Gasteiger partial charge in [0.05, 0.1) is 7.11 Å². The third-order valence-electron chi connectivity index (χ3n) is 4.06. The number of nitrogens with two attached hydrogens (primary N) is 1. The van der Waals surface area contributed by atoms with Crippen molar-refractivity contribution in [3.63, 3.8) is 0 Å². The monoisotopic (exact) mass is 287 g/mol. The van der Waals surface area contributed by atoms with Gasteiger partial charge in [-0.2, -0.15) is 0 Å². The predicted molar refractivity (Wildman–Crippen MR) is 83.9 cm³/mol. The number of halogens is 1. The van der Waals surface area contributed by atoms with Crippen LogP contribution in [-0.2, 0) is 12.0 Å². The van der Waals surface area contributed by atoms with Crippen molar-refractivity contribution in [2.45, 2.75) is 31.7 Å². The number of hydrogen-bond donors (Lipinski definition) is 1. The first-order chi connectivity index (χ1) is 10.1. The minimum atomic E-state index is -0.634. The van der Waals surface area contributed by atoms with Gasteiger partial charge in [-0.15, -0.1) is 0 Å². The van der Waals surface area contributed by atoms with E-state index in [4.69, 9.17) is 10.5 Å². The van der Waals surface area contributed by atoms with Gasteiger partial charge in [0, 0.05) is 11.1 Å². The molecule has 21 heavy (non-hydrogen) atoms. The summed E-state index contributed by atoms with van der Waals surface area (Å²) >= 11 is 0. The molecule has 2 nitrogen and oxygen atoms in total. The molecule has 2 aromatic rings. The Morgan fingerprint density at radius 3 is 2.33 bits per heavy atom. The van der Waals surface area contributed by atoms with Crippen molar-refractivity contribution < 1.29 is 9.13 Å². The van der Waals surface area contributed by atoms with Crippen LogP contribution in [0.5, 0.6) is 5.75 Å². The summed E-state index contributed by atoms with van der Waals surface area (Å²) in [6, 6.07) is 14.7. The van der Waals surface area contributed by atoms with E-state index < -0.39 is 5.54 Å². The Kier molecular flexibility index (Phi) is 4.97. The van der Waals surface area contributed by atoms with Crippen LogP contribution >= 0.6 is 0 Å². The lowest BCUT2D eigenvalue weighted by molar-refractivity contribution is 0.376. The van der Waals surface area contributed by atoms with Crippen LogP contribution in [0.3, 0.4) is 0 Å². The molecule has 0 aromatic heterocycles. The Morgan fingerprint density at radius 1 is 1.10 bits per heavy atom. The third kappa shape index (κ3) is 3.61. The summed E-state index contributed by atoms with van der Waals surface area (Å²) in [4.78, 5) is 0. The summed E-state index contributed by atoms with van der Waals surface area (Å²) < 4.78 is 19.1. The number of methoxy groups -OCH3 is 1. The molecule has 3 heteroatoms. The fraction of sp³-hybridized carbons (Fsp3) is 0.333. The largest absolute Gasteiger partial charge is 0.497 e. The maximum atomic E-state index is 14.0. The Bertz CT molecular complexity index is 582. The number of rotatable bonds is 6. The van der Waals surface area contributed by atoms with Gasteiger partial charge in [-0.25, -0.2) is 4.39 Å². The standard InChI is InChI=1S/C18H22FNO/c1-3-18(20,16-6-4-5-7-17(16)19)13-12-14-8-10-15(21-2)11-9-14/h4-11H,3,12-13,20H2,1-2H3. The molecule has 0 amide bonds. The molecule has 0 fully saturated rings. The maximum absolute atomic E-state index is 14.0. The van der Waals surface area contributed by atoms with Crippen LogP contribution in [0.1, 0.15) is 30.9 Å². The van der Waals surface area contributed by atoms with Crippen molar-refractivity contribution in [3.8, 4) is 5.75 Å². The lowest BCUT2D eigenvalue weighted by Crippen LogP contribution is -2.37. The van der Waals surface area contributed by atoms with E-state index in [-0.39, 0.29) is 5.82 Å². The molecular formula is C18H22FNO. The van der Waals surface area contributed by atoms with Crippen molar-refractivity contribution in [3.05, 3.63) is 65.5 Å². The van der Waals surface area contributed by atoms with Gasteiger partial charge in [0.2, 0.25) is 0 Å². The second-order valence-electron chi connectivity index (χ2n) is 5.34. The minimum Gasteiger partial charge on any atom is -0.497 e. The Labute approximate surface area is 125 Å². The van der Waals surface area contributed by atoms with Gasteiger partial charge in [0.1, 0.15) is 11.6 Å². The van der Waals surface area contributed by atoms with E-state index in [0.717, 1.165) is 12.2 Å². The zero-order valence-corrected chi connectivity index (χ0v) is 12.6. The van der Waals surface area contributed by atoms with Crippen LogP contribution < -0.4 is 10.5 Å². The molecular weight excluding hydrogens is 265 g/mol. The SMILES string of the molecule is CCC(N)(CCc1ccc(OC)cc1)c1ccccc1F. The molecule has 0 saturated heterocycles. The molecule has 1 atom stereocenters. The lowest BCUT2D eigenvalue weighted by Gasteiger charge is -2.29. The van der Waals surface area contributed by atoms with Crippen LogP contribution in [0, 0.1) is 5.82 Å². The van der Waals surface area contributed by atoms with Crippen LogP contribution in [0.4, 0.5) is 4.39 Å². The van der Waals surface area contributed by atoms with E-state index in [9.17, 15) is 4.39 Å². The highest BCUT2D eigenvalue weighted by Crippen LogP contribution is 2.29. The summed E-state index contributed by atoms with van der Waals surface area (Å²) in [5.41, 5.74) is 7.60. The molecule has 0 aliphatic carbocycles. The Morgan fingerprint density at radius 2 is 1.76 bits per heavy atom. The van der Waals surface area contributed by atoms with Crippen LogP contribution in [0.15, 0.2) is 48.5 Å². The first-order valence-corrected chi connectivity index (χ1v) is 7.26. The summed E-state index contributed by atoms with van der Waals surface area (Å²) in [5, 5.41) is 0. The Hall–Kier alpha value is -1.87. The fourth-order valence-electron chi connectivity index (χ4n) is 2.53. The second kappa shape index (κ2) is 6.72. The zero-order chi connectivity index (χ0) is 15.3. The fourth-order valence-corrected chi connectivity index (χ4v) is 2.53. The van der Waals surface area contributed by atoms with Crippen molar-refractivity contribution >= 4 is 0 Å². The van der Waals surface area contributed by atoms with Gasteiger partial charge >= 0.3 is 0 Å². The Balaban J connectivity index is 2.13. The number of hydrogen-bond acceptors (Lipinski definition) is 2. The maximum Gasteiger partial charge on any atom is 0.128 e. The highest BCUT2D eigenvalue weighted by molar-refractivity contribution is 5.29. The van der Waals surface area contributed by atoms with E-state index in [0.29, 0.717) is 18.4 Å². The van der Waals surface area contributed by atoms with Crippen LogP contribution in [-0.4, -0.2) is 7.11 Å². The number of benzene rings is 2. The van der Waals surface area contributed by atoms with Crippen molar-refractivity contribution in [2.24, 2.45) is 5.73 Å². The summed E-state index contributed by atoms with van der Waals surface area (Å²) in [6.07, 6.45) is 2.21. The summed E-state index contributed by atoms with van der Waals surface area (Å²) in [5.74, 6) is 0.610. The highest BCUT2D eigenvalue weighted by Gasteiger charge is 2.27. The van der Waals surface area contributed by atoms with Crippen molar-refractivity contribution in [1.82, 2.24) is 0 Å². The highest BCUT2D eigenvalue weighted by atomic mass is 19.1. The van der Waals surface area contributed by atoms with Gasteiger partial charge < -0.3 is 10.5 Å². The second-order valence-corrected chi connectivity index (χ2v) is 5.34. The number of aryl methyl sites for hydroxylation is 1. The van der Waals surface area contributed by atoms with Gasteiger partial charge in [-0.3, -0.25) is 0 Å². The van der Waals surface area contributed by atoms with E-state index in [1.807, 2.05) is 37.3 Å². The van der Waals surface area contributed by atoms with Crippen LogP contribution in [0.25, 0.3) is 0 Å².